The molecule has 0 aromatic heterocycles. The van der Waals surface area contributed by atoms with Crippen molar-refractivity contribution in [2.75, 3.05) is 46.3 Å². The van der Waals surface area contributed by atoms with E-state index >= 15 is 0 Å². The van der Waals surface area contributed by atoms with Crippen LogP contribution in [0.3, 0.4) is 0 Å². The summed E-state index contributed by atoms with van der Waals surface area (Å²) < 4.78 is 27.4. The number of nitrogens with zero attached hydrogens (tertiary/aromatic N) is 3. The van der Waals surface area contributed by atoms with Crippen molar-refractivity contribution in [3.63, 3.8) is 0 Å². The predicted molar refractivity (Wildman–Crippen MR) is 97.0 cm³/mol. The Labute approximate surface area is 150 Å². The molecule has 2 aliphatic heterocycles. The Kier molecular flexibility index (Phi) is 5.46. The summed E-state index contributed by atoms with van der Waals surface area (Å²) in [7, 11) is -1.50. The summed E-state index contributed by atoms with van der Waals surface area (Å²) in [6.45, 7) is 6.23. The summed E-state index contributed by atoms with van der Waals surface area (Å²) in [6.07, 6.45) is 1.95. The monoisotopic (exact) mass is 365 g/mol. The van der Waals surface area contributed by atoms with Crippen LogP contribution in [0.4, 0.5) is 0 Å². The van der Waals surface area contributed by atoms with Gasteiger partial charge in [-0.3, -0.25) is 4.79 Å². The molecule has 25 heavy (non-hydrogen) atoms. The summed E-state index contributed by atoms with van der Waals surface area (Å²) in [4.78, 5) is 16.9. The average molecular weight is 365 g/mol. The van der Waals surface area contributed by atoms with Gasteiger partial charge in [0, 0.05) is 44.8 Å². The Morgan fingerprint density at radius 2 is 1.84 bits per heavy atom. The zero-order chi connectivity index (χ0) is 18.0. The van der Waals surface area contributed by atoms with Crippen LogP contribution in [0.1, 0.15) is 30.1 Å². The van der Waals surface area contributed by atoms with Gasteiger partial charge in [0.05, 0.1) is 4.90 Å². The Bertz CT molecular complexity index is 727. The maximum Gasteiger partial charge on any atom is 0.253 e. The van der Waals surface area contributed by atoms with Crippen LogP contribution < -0.4 is 0 Å². The molecule has 0 bridgehead atoms. The van der Waals surface area contributed by atoms with Crippen LogP contribution in [0, 0.1) is 5.92 Å². The molecule has 138 valence electrons. The number of piperidine rings is 1. The van der Waals surface area contributed by atoms with Gasteiger partial charge in [-0.05, 0) is 44.0 Å². The quantitative estimate of drug-likeness (QED) is 0.814. The molecule has 0 aliphatic carbocycles. The molecule has 0 saturated carbocycles. The molecule has 7 heteroatoms. The molecule has 1 aromatic rings. The van der Waals surface area contributed by atoms with Gasteiger partial charge in [0.1, 0.15) is 0 Å². The van der Waals surface area contributed by atoms with Gasteiger partial charge in [0.25, 0.3) is 5.91 Å². The fourth-order valence-electron chi connectivity index (χ4n) is 3.50. The fourth-order valence-corrected chi connectivity index (χ4v) is 5.14. The van der Waals surface area contributed by atoms with Crippen molar-refractivity contribution < 1.29 is 13.2 Å². The second-order valence-corrected chi connectivity index (χ2v) is 9.17. The van der Waals surface area contributed by atoms with E-state index in [2.05, 4.69) is 11.8 Å². The molecule has 0 N–H and O–H groups in total. The number of hydrogen-bond donors (Lipinski definition) is 0. The number of piperazine rings is 1. The highest BCUT2D eigenvalue weighted by molar-refractivity contribution is 7.89. The van der Waals surface area contributed by atoms with Crippen LogP contribution in [0.15, 0.2) is 29.2 Å². The third-order valence-corrected chi connectivity index (χ3v) is 6.99. The number of likely N-dealkylation sites (N-methyl/N-ethyl adjacent to an activating group) is 1. The van der Waals surface area contributed by atoms with E-state index in [0.29, 0.717) is 37.7 Å². The van der Waals surface area contributed by atoms with Gasteiger partial charge in [-0.1, -0.05) is 13.0 Å². The van der Waals surface area contributed by atoms with Crippen molar-refractivity contribution in [2.45, 2.75) is 24.7 Å². The van der Waals surface area contributed by atoms with Crippen LogP contribution in [0.25, 0.3) is 0 Å². The maximum atomic E-state index is 12.9. The minimum Gasteiger partial charge on any atom is -0.336 e. The number of carbonyl (C=O) groups is 1. The number of carbonyl (C=O) groups excluding carboxylic acids is 1. The second-order valence-electron chi connectivity index (χ2n) is 7.23. The summed E-state index contributed by atoms with van der Waals surface area (Å²) in [5.74, 6) is 0.288. The molecule has 2 fully saturated rings. The number of sulfonamides is 1. The van der Waals surface area contributed by atoms with E-state index in [-0.39, 0.29) is 10.8 Å². The molecule has 1 unspecified atom stereocenters. The van der Waals surface area contributed by atoms with Crippen LogP contribution in [0.5, 0.6) is 0 Å². The number of rotatable bonds is 3. The van der Waals surface area contributed by atoms with Crippen LogP contribution in [-0.4, -0.2) is 74.7 Å². The minimum atomic E-state index is -3.54. The van der Waals surface area contributed by atoms with Crippen LogP contribution in [-0.2, 0) is 10.0 Å². The molecule has 0 spiro atoms. The van der Waals surface area contributed by atoms with E-state index in [1.807, 2.05) is 7.05 Å². The molecule has 2 saturated heterocycles. The Balaban J connectivity index is 1.80. The maximum absolute atomic E-state index is 12.9. The van der Waals surface area contributed by atoms with Crippen molar-refractivity contribution in [3.05, 3.63) is 29.8 Å². The summed E-state index contributed by atoms with van der Waals surface area (Å²) >= 11 is 0. The smallest absolute Gasteiger partial charge is 0.253 e. The molecule has 2 heterocycles. The Morgan fingerprint density at radius 3 is 2.52 bits per heavy atom. The highest BCUT2D eigenvalue weighted by Crippen LogP contribution is 2.24. The van der Waals surface area contributed by atoms with Crippen molar-refractivity contribution in [2.24, 2.45) is 5.92 Å². The number of amides is 1. The number of hydrogen-bond acceptors (Lipinski definition) is 4. The zero-order valence-electron chi connectivity index (χ0n) is 15.0. The summed E-state index contributed by atoms with van der Waals surface area (Å²) in [5.41, 5.74) is 0.454. The third-order valence-electron chi connectivity index (χ3n) is 5.13. The van der Waals surface area contributed by atoms with Gasteiger partial charge in [-0.25, -0.2) is 8.42 Å². The summed E-state index contributed by atoms with van der Waals surface area (Å²) in [5, 5.41) is 0. The first-order valence-electron chi connectivity index (χ1n) is 8.96. The van der Waals surface area contributed by atoms with Gasteiger partial charge >= 0.3 is 0 Å². The largest absolute Gasteiger partial charge is 0.336 e. The van der Waals surface area contributed by atoms with E-state index in [4.69, 9.17) is 0 Å². The first-order valence-corrected chi connectivity index (χ1v) is 10.4. The van der Waals surface area contributed by atoms with E-state index in [9.17, 15) is 13.2 Å². The van der Waals surface area contributed by atoms with Crippen molar-refractivity contribution in [3.8, 4) is 0 Å². The lowest BCUT2D eigenvalue weighted by molar-refractivity contribution is 0.0664. The average Bonchev–Trinajstić information content (AvgIpc) is 2.62. The summed E-state index contributed by atoms with van der Waals surface area (Å²) in [6, 6.07) is 6.51. The minimum absolute atomic E-state index is 0.0860. The van der Waals surface area contributed by atoms with E-state index in [0.717, 1.165) is 25.9 Å². The lowest BCUT2D eigenvalue weighted by atomic mass is 10.0. The van der Waals surface area contributed by atoms with Gasteiger partial charge in [0.2, 0.25) is 10.0 Å². The predicted octanol–water partition coefficient (Wildman–Crippen LogP) is 1.49. The van der Waals surface area contributed by atoms with E-state index in [1.54, 1.807) is 27.4 Å². The van der Waals surface area contributed by atoms with Crippen molar-refractivity contribution in [1.82, 2.24) is 14.1 Å². The Morgan fingerprint density at radius 1 is 1.12 bits per heavy atom. The normalized spacial score (nSPS) is 23.6. The lowest BCUT2D eigenvalue weighted by Crippen LogP contribution is -2.47. The molecule has 3 rings (SSSR count). The highest BCUT2D eigenvalue weighted by Gasteiger charge is 2.29. The molecule has 1 amide bonds. The Hall–Kier alpha value is -1.44. The molecule has 2 aliphatic rings. The van der Waals surface area contributed by atoms with Gasteiger partial charge < -0.3 is 9.80 Å². The second kappa shape index (κ2) is 7.43. The van der Waals surface area contributed by atoms with Crippen LogP contribution in [0.2, 0.25) is 0 Å². The van der Waals surface area contributed by atoms with Crippen molar-refractivity contribution >= 4 is 15.9 Å². The van der Waals surface area contributed by atoms with Gasteiger partial charge in [0.15, 0.2) is 0 Å². The van der Waals surface area contributed by atoms with E-state index in [1.165, 1.54) is 6.07 Å². The SMILES string of the molecule is CC1CCCN(S(=O)(=O)c2cccc(C(=O)N3CCN(C)CC3)c2)C1. The lowest BCUT2D eigenvalue weighted by Gasteiger charge is -2.32. The first kappa shape index (κ1) is 18.4. The van der Waals surface area contributed by atoms with E-state index < -0.39 is 10.0 Å². The van der Waals surface area contributed by atoms with Gasteiger partial charge in [-0.15, -0.1) is 0 Å². The third kappa shape index (κ3) is 4.04. The molecular formula is C18H27N3O3S. The molecule has 0 radical (unpaired) electrons. The topological polar surface area (TPSA) is 60.9 Å². The van der Waals surface area contributed by atoms with Crippen LogP contribution >= 0.6 is 0 Å². The molecular weight excluding hydrogens is 338 g/mol. The van der Waals surface area contributed by atoms with Crippen molar-refractivity contribution in [1.29, 1.82) is 0 Å². The first-order chi connectivity index (χ1) is 11.9. The van der Waals surface area contributed by atoms with Gasteiger partial charge in [-0.2, -0.15) is 4.31 Å². The number of benzene rings is 1. The molecule has 1 aromatic carbocycles. The molecule has 1 atom stereocenters. The highest BCUT2D eigenvalue weighted by atomic mass is 32.2. The standard InChI is InChI=1S/C18H27N3O3S/c1-15-5-4-8-21(14-15)25(23,24)17-7-3-6-16(13-17)18(22)20-11-9-19(2)10-12-20/h3,6-7,13,15H,4-5,8-12,14H2,1-2H3. The zero-order valence-corrected chi connectivity index (χ0v) is 15.8. The molecule has 6 nitrogen and oxygen atoms in total. The fraction of sp³-hybridized carbons (Fsp3) is 0.611.